The minimum atomic E-state index is -0.736. The van der Waals surface area contributed by atoms with Gasteiger partial charge < -0.3 is 9.47 Å². The molecule has 4 heteroatoms. The Morgan fingerprint density at radius 1 is 1.38 bits per heavy atom. The maximum absolute atomic E-state index is 8.64. The quantitative estimate of drug-likeness (QED) is 0.687. The van der Waals surface area contributed by atoms with Gasteiger partial charge in [0.1, 0.15) is 23.5 Å². The number of ether oxygens (including phenoxy) is 2. The molecule has 1 aromatic heterocycles. The molecule has 2 rings (SSSR count). The first-order valence-corrected chi connectivity index (χ1v) is 4.57. The zero-order valence-electron chi connectivity index (χ0n) is 6.98. The molecule has 3 nitrogen and oxygen atoms in total. The summed E-state index contributed by atoms with van der Waals surface area (Å²) in [7, 11) is 0. The van der Waals surface area contributed by atoms with Crippen LogP contribution < -0.4 is 0 Å². The molecular weight excluding hydrogens is 186 g/mol. The highest BCUT2D eigenvalue weighted by molar-refractivity contribution is 7.12. The van der Waals surface area contributed by atoms with Crippen molar-refractivity contribution in [3.05, 3.63) is 34.4 Å². The van der Waals surface area contributed by atoms with E-state index in [4.69, 9.17) is 14.7 Å². The molecule has 0 N–H and O–H groups in total. The van der Waals surface area contributed by atoms with Gasteiger partial charge in [0, 0.05) is 6.92 Å². The van der Waals surface area contributed by atoms with E-state index >= 15 is 0 Å². The average Bonchev–Trinajstić information content (AvgIpc) is 2.72. The molecule has 0 saturated carbocycles. The van der Waals surface area contributed by atoms with Crippen LogP contribution in [0.15, 0.2) is 24.7 Å². The molecule has 0 aromatic carbocycles. The lowest BCUT2D eigenvalue weighted by Crippen LogP contribution is -2.20. The van der Waals surface area contributed by atoms with Gasteiger partial charge in [0.25, 0.3) is 5.79 Å². The maximum Gasteiger partial charge on any atom is 0.283 e. The van der Waals surface area contributed by atoms with Gasteiger partial charge in [-0.2, -0.15) is 5.26 Å². The Bertz CT molecular complexity index is 381. The maximum atomic E-state index is 8.64. The molecule has 0 radical (unpaired) electrons. The minimum Gasteiger partial charge on any atom is -0.452 e. The van der Waals surface area contributed by atoms with E-state index in [2.05, 4.69) is 6.07 Å². The van der Waals surface area contributed by atoms with Crippen LogP contribution in [0.5, 0.6) is 0 Å². The van der Waals surface area contributed by atoms with Crippen LogP contribution in [-0.2, 0) is 15.3 Å². The molecular formula is C9H7NO2S. The Balaban J connectivity index is 2.31. The third-order valence-corrected chi connectivity index (χ3v) is 2.98. The summed E-state index contributed by atoms with van der Waals surface area (Å²) in [5.74, 6) is -0.736. The molecule has 13 heavy (non-hydrogen) atoms. The first-order chi connectivity index (χ1) is 6.24. The molecule has 0 fully saturated rings. The molecule has 0 bridgehead atoms. The van der Waals surface area contributed by atoms with E-state index in [0.717, 1.165) is 4.88 Å². The first kappa shape index (κ1) is 8.14. The van der Waals surface area contributed by atoms with Crippen LogP contribution >= 0.6 is 11.3 Å². The second kappa shape index (κ2) is 2.79. The largest absolute Gasteiger partial charge is 0.452 e. The van der Waals surface area contributed by atoms with Crippen molar-refractivity contribution >= 4 is 11.3 Å². The Labute approximate surface area is 79.8 Å². The van der Waals surface area contributed by atoms with Crippen molar-refractivity contribution in [3.8, 4) is 6.07 Å². The number of thiophene rings is 1. The molecule has 0 amide bonds. The van der Waals surface area contributed by atoms with E-state index in [1.54, 1.807) is 6.07 Å². The van der Waals surface area contributed by atoms with Gasteiger partial charge >= 0.3 is 0 Å². The molecule has 0 unspecified atom stereocenters. The zero-order valence-corrected chi connectivity index (χ0v) is 7.80. The summed E-state index contributed by atoms with van der Waals surface area (Å²) >= 11 is 1.38. The summed E-state index contributed by atoms with van der Waals surface area (Å²) in [6.07, 6.45) is 3.01. The smallest absolute Gasteiger partial charge is 0.283 e. The summed E-state index contributed by atoms with van der Waals surface area (Å²) in [6, 6.07) is 5.68. The number of hydrogen-bond acceptors (Lipinski definition) is 4. The number of nitrogens with zero attached hydrogens (tertiary/aromatic N) is 1. The van der Waals surface area contributed by atoms with E-state index in [1.165, 1.54) is 23.9 Å². The van der Waals surface area contributed by atoms with Gasteiger partial charge in [-0.3, -0.25) is 0 Å². The van der Waals surface area contributed by atoms with E-state index < -0.39 is 5.79 Å². The molecule has 66 valence electrons. The monoisotopic (exact) mass is 193 g/mol. The topological polar surface area (TPSA) is 42.2 Å². The fraction of sp³-hybridized carbons (Fsp3) is 0.222. The third-order valence-electron chi connectivity index (χ3n) is 1.81. The van der Waals surface area contributed by atoms with E-state index in [0.29, 0.717) is 4.88 Å². The van der Waals surface area contributed by atoms with Crippen molar-refractivity contribution in [1.29, 1.82) is 5.26 Å². The molecule has 0 saturated heterocycles. The van der Waals surface area contributed by atoms with Crippen molar-refractivity contribution < 1.29 is 9.47 Å². The predicted molar refractivity (Wildman–Crippen MR) is 47.7 cm³/mol. The molecule has 1 aromatic rings. The van der Waals surface area contributed by atoms with E-state index in [9.17, 15) is 0 Å². The normalized spacial score (nSPS) is 17.5. The highest BCUT2D eigenvalue weighted by Gasteiger charge is 2.33. The molecule has 1 aliphatic heterocycles. The van der Waals surface area contributed by atoms with Crippen LogP contribution in [0, 0.1) is 11.3 Å². The standard InChI is InChI=1S/C9H7NO2S/c1-9(11-4-5-12-9)8-3-2-7(6-10)13-8/h2-5H,1H3. The molecule has 0 atom stereocenters. The van der Waals surface area contributed by atoms with Gasteiger partial charge in [-0.1, -0.05) is 0 Å². The lowest BCUT2D eigenvalue weighted by molar-refractivity contribution is -0.130. The fourth-order valence-electron chi connectivity index (χ4n) is 1.10. The lowest BCUT2D eigenvalue weighted by Gasteiger charge is -2.20. The summed E-state index contributed by atoms with van der Waals surface area (Å²) < 4.78 is 10.6. The Morgan fingerprint density at radius 3 is 2.62 bits per heavy atom. The van der Waals surface area contributed by atoms with Crippen LogP contribution in [0.2, 0.25) is 0 Å². The number of nitriles is 1. The van der Waals surface area contributed by atoms with Gasteiger partial charge in [0.15, 0.2) is 0 Å². The molecule has 2 heterocycles. The predicted octanol–water partition coefficient (Wildman–Crippen LogP) is 2.31. The van der Waals surface area contributed by atoms with Gasteiger partial charge in [-0.15, -0.1) is 11.3 Å². The third kappa shape index (κ3) is 1.27. The lowest BCUT2D eigenvalue weighted by atomic mass is 10.2. The van der Waals surface area contributed by atoms with Crippen molar-refractivity contribution in [1.82, 2.24) is 0 Å². The van der Waals surface area contributed by atoms with Crippen molar-refractivity contribution in [2.24, 2.45) is 0 Å². The van der Waals surface area contributed by atoms with Gasteiger partial charge in [-0.05, 0) is 12.1 Å². The first-order valence-electron chi connectivity index (χ1n) is 3.76. The van der Waals surface area contributed by atoms with Crippen LogP contribution in [0.4, 0.5) is 0 Å². The van der Waals surface area contributed by atoms with Crippen LogP contribution in [0.25, 0.3) is 0 Å². The van der Waals surface area contributed by atoms with Crippen LogP contribution in [-0.4, -0.2) is 0 Å². The number of rotatable bonds is 1. The average molecular weight is 193 g/mol. The second-order valence-corrected chi connectivity index (χ2v) is 3.81. The van der Waals surface area contributed by atoms with Crippen LogP contribution in [0.1, 0.15) is 16.7 Å². The van der Waals surface area contributed by atoms with Crippen LogP contribution in [0.3, 0.4) is 0 Å². The highest BCUT2D eigenvalue weighted by Crippen LogP contribution is 2.35. The SMILES string of the molecule is CC1(c2ccc(C#N)s2)OC=CO1. The summed E-state index contributed by atoms with van der Waals surface area (Å²) in [4.78, 5) is 1.56. The van der Waals surface area contributed by atoms with Crippen molar-refractivity contribution in [2.45, 2.75) is 12.7 Å². The molecule has 0 aliphatic carbocycles. The van der Waals surface area contributed by atoms with E-state index in [-0.39, 0.29) is 0 Å². The fourth-order valence-corrected chi connectivity index (χ4v) is 1.94. The molecule has 1 aliphatic rings. The Hall–Kier alpha value is -1.47. The number of hydrogen-bond donors (Lipinski definition) is 0. The molecule has 0 spiro atoms. The van der Waals surface area contributed by atoms with Gasteiger partial charge in [0.2, 0.25) is 0 Å². The summed E-state index contributed by atoms with van der Waals surface area (Å²) in [5.41, 5.74) is 0. The second-order valence-electron chi connectivity index (χ2n) is 2.73. The summed E-state index contributed by atoms with van der Waals surface area (Å²) in [5, 5.41) is 8.64. The minimum absolute atomic E-state index is 0.662. The highest BCUT2D eigenvalue weighted by atomic mass is 32.1. The summed E-state index contributed by atoms with van der Waals surface area (Å²) in [6.45, 7) is 1.82. The van der Waals surface area contributed by atoms with Gasteiger partial charge in [0.05, 0.1) is 4.88 Å². The van der Waals surface area contributed by atoms with E-state index in [1.807, 2.05) is 13.0 Å². The van der Waals surface area contributed by atoms with Crippen molar-refractivity contribution in [3.63, 3.8) is 0 Å². The zero-order chi connectivity index (χ0) is 9.31. The van der Waals surface area contributed by atoms with Crippen molar-refractivity contribution in [2.75, 3.05) is 0 Å². The Morgan fingerprint density at radius 2 is 2.08 bits per heavy atom. The Kier molecular flexibility index (Phi) is 1.74. The van der Waals surface area contributed by atoms with Gasteiger partial charge in [-0.25, -0.2) is 0 Å².